The lowest BCUT2D eigenvalue weighted by Gasteiger charge is -2.12. The second kappa shape index (κ2) is 5.79. The van der Waals surface area contributed by atoms with Crippen molar-refractivity contribution in [2.75, 3.05) is 14.1 Å². The molecular weight excluding hydrogens is 298 g/mol. The maximum absolute atomic E-state index is 13.4. The lowest BCUT2D eigenvalue weighted by atomic mass is 10.0. The van der Waals surface area contributed by atoms with E-state index >= 15 is 0 Å². The van der Waals surface area contributed by atoms with Crippen molar-refractivity contribution < 1.29 is 22.4 Å². The summed E-state index contributed by atoms with van der Waals surface area (Å²) >= 11 is 0. The number of rotatable bonds is 2. The fraction of sp³-hybridized carbons (Fsp3) is 0.188. The molecule has 0 saturated heterocycles. The van der Waals surface area contributed by atoms with Crippen LogP contribution >= 0.6 is 0 Å². The van der Waals surface area contributed by atoms with Gasteiger partial charge >= 0.3 is 6.18 Å². The van der Waals surface area contributed by atoms with E-state index in [1.54, 1.807) is 14.1 Å². The molecule has 0 saturated carbocycles. The van der Waals surface area contributed by atoms with Crippen LogP contribution in [0.25, 0.3) is 11.1 Å². The fourth-order valence-electron chi connectivity index (χ4n) is 1.98. The minimum Gasteiger partial charge on any atom is -0.345 e. The van der Waals surface area contributed by atoms with Gasteiger partial charge in [0.2, 0.25) is 0 Å². The predicted octanol–water partition coefficient (Wildman–Crippen LogP) is 4.21. The van der Waals surface area contributed by atoms with Gasteiger partial charge in [-0.05, 0) is 41.5 Å². The zero-order valence-corrected chi connectivity index (χ0v) is 11.9. The molecule has 0 aliphatic heterocycles. The second-order valence-corrected chi connectivity index (χ2v) is 5.00. The van der Waals surface area contributed by atoms with Crippen LogP contribution in [0.1, 0.15) is 15.9 Å². The smallest absolute Gasteiger partial charge is 0.345 e. The van der Waals surface area contributed by atoms with Crippen molar-refractivity contribution in [3.05, 3.63) is 59.4 Å². The highest BCUT2D eigenvalue weighted by atomic mass is 19.4. The van der Waals surface area contributed by atoms with Gasteiger partial charge in [0.1, 0.15) is 5.82 Å². The van der Waals surface area contributed by atoms with Gasteiger partial charge in [-0.3, -0.25) is 4.79 Å². The van der Waals surface area contributed by atoms with E-state index in [0.29, 0.717) is 17.2 Å². The summed E-state index contributed by atoms with van der Waals surface area (Å²) in [6.07, 6.45) is -4.61. The predicted molar refractivity (Wildman–Crippen MR) is 74.9 cm³/mol. The number of amides is 1. The first-order chi connectivity index (χ1) is 10.2. The molecule has 0 aromatic heterocycles. The number of nitrogens with zero attached hydrogens (tertiary/aromatic N) is 1. The average Bonchev–Trinajstić information content (AvgIpc) is 2.45. The number of benzene rings is 2. The highest BCUT2D eigenvalue weighted by molar-refractivity contribution is 5.94. The average molecular weight is 311 g/mol. The van der Waals surface area contributed by atoms with Gasteiger partial charge < -0.3 is 4.90 Å². The van der Waals surface area contributed by atoms with Gasteiger partial charge in [-0.25, -0.2) is 4.39 Å². The van der Waals surface area contributed by atoms with Crippen LogP contribution in [0.2, 0.25) is 0 Å². The van der Waals surface area contributed by atoms with Crippen LogP contribution in [-0.4, -0.2) is 24.9 Å². The van der Waals surface area contributed by atoms with E-state index in [1.807, 2.05) is 0 Å². The maximum Gasteiger partial charge on any atom is 0.416 e. The molecule has 0 fully saturated rings. The van der Waals surface area contributed by atoms with Gasteiger partial charge in [0, 0.05) is 19.7 Å². The summed E-state index contributed by atoms with van der Waals surface area (Å²) in [7, 11) is 3.19. The van der Waals surface area contributed by atoms with Gasteiger partial charge in [-0.1, -0.05) is 12.1 Å². The minimum absolute atomic E-state index is 0.108. The third-order valence-corrected chi connectivity index (χ3v) is 3.10. The van der Waals surface area contributed by atoms with Crippen LogP contribution in [0.3, 0.4) is 0 Å². The van der Waals surface area contributed by atoms with E-state index in [-0.39, 0.29) is 11.5 Å². The zero-order valence-electron chi connectivity index (χ0n) is 11.9. The Morgan fingerprint density at radius 2 is 1.55 bits per heavy atom. The quantitative estimate of drug-likeness (QED) is 0.761. The summed E-state index contributed by atoms with van der Waals surface area (Å²) in [5.74, 6) is -1.18. The molecule has 0 bridgehead atoms. The van der Waals surface area contributed by atoms with Crippen LogP contribution in [0.4, 0.5) is 17.6 Å². The Labute approximate surface area is 125 Å². The first kappa shape index (κ1) is 16.0. The summed E-state index contributed by atoms with van der Waals surface area (Å²) in [6.45, 7) is 0. The molecule has 0 aliphatic carbocycles. The fourth-order valence-corrected chi connectivity index (χ4v) is 1.98. The minimum atomic E-state index is -4.61. The van der Waals surface area contributed by atoms with E-state index in [1.165, 1.54) is 29.2 Å². The Bertz CT molecular complexity index is 690. The van der Waals surface area contributed by atoms with E-state index in [4.69, 9.17) is 0 Å². The molecule has 2 nitrogen and oxygen atoms in total. The Morgan fingerprint density at radius 1 is 0.955 bits per heavy atom. The first-order valence-corrected chi connectivity index (χ1v) is 6.38. The molecule has 0 spiro atoms. The number of carbonyl (C=O) groups is 1. The monoisotopic (exact) mass is 311 g/mol. The third kappa shape index (κ3) is 3.44. The van der Waals surface area contributed by atoms with Gasteiger partial charge in [-0.15, -0.1) is 0 Å². The third-order valence-electron chi connectivity index (χ3n) is 3.10. The largest absolute Gasteiger partial charge is 0.416 e. The Morgan fingerprint density at radius 3 is 2.05 bits per heavy atom. The molecule has 116 valence electrons. The lowest BCUT2D eigenvalue weighted by molar-refractivity contribution is -0.137. The van der Waals surface area contributed by atoms with Crippen LogP contribution in [-0.2, 0) is 6.18 Å². The molecule has 1 amide bonds. The summed E-state index contributed by atoms with van der Waals surface area (Å²) in [5, 5.41) is 0. The number of hydrogen-bond donors (Lipinski definition) is 0. The molecule has 6 heteroatoms. The molecule has 2 aromatic rings. The van der Waals surface area contributed by atoms with Crippen LogP contribution in [0.5, 0.6) is 0 Å². The zero-order chi connectivity index (χ0) is 16.5. The molecule has 2 rings (SSSR count). The molecule has 0 aliphatic rings. The Kier molecular flexibility index (Phi) is 4.21. The van der Waals surface area contributed by atoms with Crippen LogP contribution in [0.15, 0.2) is 42.5 Å². The molecule has 0 N–H and O–H groups in total. The number of halogens is 4. The highest BCUT2D eigenvalue weighted by Gasteiger charge is 2.31. The normalized spacial score (nSPS) is 11.4. The van der Waals surface area contributed by atoms with Crippen molar-refractivity contribution >= 4 is 5.91 Å². The number of carbonyl (C=O) groups excluding carboxylic acids is 1. The first-order valence-electron chi connectivity index (χ1n) is 6.38. The van der Waals surface area contributed by atoms with Gasteiger partial charge in [0.25, 0.3) is 5.91 Å². The lowest BCUT2D eigenvalue weighted by Crippen LogP contribution is -2.21. The van der Waals surface area contributed by atoms with Crippen molar-refractivity contribution in [1.29, 1.82) is 0 Å². The highest BCUT2D eigenvalue weighted by Crippen LogP contribution is 2.33. The molecule has 0 atom stereocenters. The molecular formula is C16H13F4NO. The Balaban J connectivity index is 2.40. The summed E-state index contributed by atoms with van der Waals surface area (Å²) in [5.41, 5.74) is -0.131. The standard InChI is InChI=1S/C16H13F4NO/c1-21(2)15(22)11-5-3-10(4-6-11)12-7-13(16(18,19)20)9-14(17)8-12/h3-9H,1-2H3. The molecule has 0 heterocycles. The van der Waals surface area contributed by atoms with Crippen molar-refractivity contribution in [2.45, 2.75) is 6.18 Å². The van der Waals surface area contributed by atoms with Crippen LogP contribution in [0, 0.1) is 5.82 Å². The van der Waals surface area contributed by atoms with Crippen molar-refractivity contribution in [2.24, 2.45) is 0 Å². The molecule has 0 unspecified atom stereocenters. The number of alkyl halides is 3. The summed E-state index contributed by atoms with van der Waals surface area (Å²) in [4.78, 5) is 13.1. The summed E-state index contributed by atoms with van der Waals surface area (Å²) < 4.78 is 51.5. The van der Waals surface area contributed by atoms with Crippen molar-refractivity contribution in [1.82, 2.24) is 4.90 Å². The number of hydrogen-bond acceptors (Lipinski definition) is 1. The Hall–Kier alpha value is -2.37. The van der Waals surface area contributed by atoms with Crippen LogP contribution < -0.4 is 0 Å². The maximum atomic E-state index is 13.4. The van der Waals surface area contributed by atoms with Gasteiger partial charge in [-0.2, -0.15) is 13.2 Å². The van der Waals surface area contributed by atoms with E-state index < -0.39 is 17.6 Å². The second-order valence-electron chi connectivity index (χ2n) is 5.00. The SMILES string of the molecule is CN(C)C(=O)c1ccc(-c2cc(F)cc(C(F)(F)F)c2)cc1. The van der Waals surface area contributed by atoms with Gasteiger partial charge in [0.05, 0.1) is 5.56 Å². The summed E-state index contributed by atoms with van der Waals surface area (Å²) in [6, 6.07) is 8.33. The molecule has 2 aromatic carbocycles. The van der Waals surface area contributed by atoms with E-state index in [0.717, 1.165) is 12.1 Å². The molecule has 0 radical (unpaired) electrons. The molecule has 22 heavy (non-hydrogen) atoms. The van der Waals surface area contributed by atoms with Crippen molar-refractivity contribution in [3.8, 4) is 11.1 Å². The topological polar surface area (TPSA) is 20.3 Å². The van der Waals surface area contributed by atoms with Crippen molar-refractivity contribution in [3.63, 3.8) is 0 Å². The van der Waals surface area contributed by atoms with E-state index in [2.05, 4.69) is 0 Å². The van der Waals surface area contributed by atoms with E-state index in [9.17, 15) is 22.4 Å². The van der Waals surface area contributed by atoms with Gasteiger partial charge in [0.15, 0.2) is 0 Å².